The van der Waals surface area contributed by atoms with E-state index in [0.717, 1.165) is 25.7 Å². The van der Waals surface area contributed by atoms with E-state index in [9.17, 15) is 14.4 Å². The molecule has 4 rings (SSSR count). The Morgan fingerprint density at radius 2 is 1.47 bits per heavy atom. The van der Waals surface area contributed by atoms with Gasteiger partial charge in [0.25, 0.3) is 5.91 Å². The molecule has 2 fully saturated rings. The minimum atomic E-state index is -0.227. The van der Waals surface area contributed by atoms with Crippen LogP contribution < -0.4 is 10.6 Å². The lowest BCUT2D eigenvalue weighted by atomic mass is 9.94. The van der Waals surface area contributed by atoms with Crippen molar-refractivity contribution in [1.82, 2.24) is 9.80 Å². The molecule has 0 spiro atoms. The lowest BCUT2D eigenvalue weighted by molar-refractivity contribution is -0.124. The van der Waals surface area contributed by atoms with Gasteiger partial charge in [0.05, 0.1) is 16.6 Å². The van der Waals surface area contributed by atoms with Gasteiger partial charge < -0.3 is 15.5 Å². The molecule has 0 aromatic heterocycles. The molecule has 7 nitrogen and oxygen atoms in total. The molecule has 2 aromatic carbocycles. The Morgan fingerprint density at radius 3 is 2.06 bits per heavy atom. The topological polar surface area (TPSA) is 81.8 Å². The van der Waals surface area contributed by atoms with Gasteiger partial charge in [0, 0.05) is 44.5 Å². The van der Waals surface area contributed by atoms with Crippen LogP contribution in [0.4, 0.5) is 11.4 Å². The molecular weight excluding hydrogens is 452 g/mol. The lowest BCUT2D eigenvalue weighted by Crippen LogP contribution is -2.57. The smallest absolute Gasteiger partial charge is 0.255 e. The van der Waals surface area contributed by atoms with Gasteiger partial charge in [-0.05, 0) is 55.2 Å². The molecule has 1 atom stereocenters. The fourth-order valence-electron chi connectivity index (χ4n) is 5.02. The summed E-state index contributed by atoms with van der Waals surface area (Å²) in [5.41, 5.74) is 1.91. The van der Waals surface area contributed by atoms with Crippen molar-refractivity contribution in [3.05, 3.63) is 59.1 Å². The van der Waals surface area contributed by atoms with Crippen LogP contribution in [0.1, 0.15) is 43.0 Å². The number of rotatable bonds is 6. The molecular formula is C26H31ClN4O3. The van der Waals surface area contributed by atoms with E-state index >= 15 is 0 Å². The van der Waals surface area contributed by atoms with Crippen molar-refractivity contribution in [1.29, 1.82) is 0 Å². The van der Waals surface area contributed by atoms with Crippen molar-refractivity contribution in [2.24, 2.45) is 5.92 Å². The van der Waals surface area contributed by atoms with Gasteiger partial charge in [0.1, 0.15) is 0 Å². The lowest BCUT2D eigenvalue weighted by Gasteiger charge is -2.40. The van der Waals surface area contributed by atoms with E-state index in [1.807, 2.05) is 17.0 Å². The fraction of sp³-hybridized carbons (Fsp3) is 0.423. The molecule has 34 heavy (non-hydrogen) atoms. The number of piperazine rings is 1. The number of carbonyl (C=O) groups is 3. The van der Waals surface area contributed by atoms with Gasteiger partial charge in [-0.25, -0.2) is 0 Å². The normalized spacial score (nSPS) is 17.9. The molecule has 2 aromatic rings. The zero-order chi connectivity index (χ0) is 24.1. The van der Waals surface area contributed by atoms with Gasteiger partial charge >= 0.3 is 0 Å². The summed E-state index contributed by atoms with van der Waals surface area (Å²) in [6.45, 7) is 3.88. The Morgan fingerprint density at radius 1 is 0.882 bits per heavy atom. The average molecular weight is 483 g/mol. The molecule has 1 heterocycles. The van der Waals surface area contributed by atoms with E-state index in [0.29, 0.717) is 54.1 Å². The van der Waals surface area contributed by atoms with Crippen molar-refractivity contribution in [2.45, 2.75) is 38.6 Å². The molecule has 2 N–H and O–H groups in total. The molecule has 1 unspecified atom stereocenters. The number of amides is 3. The third-order valence-corrected chi connectivity index (χ3v) is 7.02. The first-order valence-corrected chi connectivity index (χ1v) is 12.3. The zero-order valence-electron chi connectivity index (χ0n) is 19.4. The van der Waals surface area contributed by atoms with Crippen LogP contribution in [0, 0.1) is 5.92 Å². The molecule has 1 aliphatic carbocycles. The summed E-state index contributed by atoms with van der Waals surface area (Å²) in [7, 11) is 0. The number of benzene rings is 2. The number of nitrogens with one attached hydrogen (secondary N) is 2. The Balaban J connectivity index is 1.41. The zero-order valence-corrected chi connectivity index (χ0v) is 20.2. The van der Waals surface area contributed by atoms with Crippen LogP contribution in [0.15, 0.2) is 48.5 Å². The monoisotopic (exact) mass is 482 g/mol. The molecule has 1 saturated carbocycles. The van der Waals surface area contributed by atoms with E-state index in [2.05, 4.69) is 15.5 Å². The summed E-state index contributed by atoms with van der Waals surface area (Å²) in [4.78, 5) is 41.6. The van der Waals surface area contributed by atoms with E-state index < -0.39 is 0 Å². The van der Waals surface area contributed by atoms with Crippen LogP contribution in [0.5, 0.6) is 0 Å². The van der Waals surface area contributed by atoms with E-state index in [-0.39, 0.29) is 23.8 Å². The Bertz CT molecular complexity index is 1030. The minimum absolute atomic E-state index is 0.00921. The number of anilines is 2. The van der Waals surface area contributed by atoms with Crippen molar-refractivity contribution in [3.8, 4) is 0 Å². The van der Waals surface area contributed by atoms with Gasteiger partial charge in [-0.1, -0.05) is 36.6 Å². The fourth-order valence-corrected chi connectivity index (χ4v) is 5.23. The number of hydrogen-bond donors (Lipinski definition) is 2. The molecule has 180 valence electrons. The molecule has 0 bridgehead atoms. The number of nitrogens with zero attached hydrogens (tertiary/aromatic N) is 2. The maximum atomic E-state index is 13.4. The summed E-state index contributed by atoms with van der Waals surface area (Å²) < 4.78 is 0. The third kappa shape index (κ3) is 5.77. The van der Waals surface area contributed by atoms with Crippen LogP contribution in [-0.2, 0) is 9.59 Å². The number of carbonyl (C=O) groups excluding carboxylic acids is 3. The Labute approximate surface area is 205 Å². The van der Waals surface area contributed by atoms with E-state index in [1.165, 1.54) is 6.92 Å². The maximum absolute atomic E-state index is 13.4. The second-order valence-corrected chi connectivity index (χ2v) is 9.45. The van der Waals surface area contributed by atoms with E-state index in [4.69, 9.17) is 11.6 Å². The van der Waals surface area contributed by atoms with Gasteiger partial charge in [-0.15, -0.1) is 0 Å². The maximum Gasteiger partial charge on any atom is 0.255 e. The van der Waals surface area contributed by atoms with Gasteiger partial charge in [-0.3, -0.25) is 19.3 Å². The van der Waals surface area contributed by atoms with Crippen LogP contribution in [0.2, 0.25) is 5.02 Å². The first kappa shape index (κ1) is 24.2. The molecule has 8 heteroatoms. The predicted octanol–water partition coefficient (Wildman–Crippen LogP) is 4.25. The summed E-state index contributed by atoms with van der Waals surface area (Å²) in [5, 5.41) is 6.27. The van der Waals surface area contributed by atoms with Crippen LogP contribution in [-0.4, -0.2) is 59.7 Å². The van der Waals surface area contributed by atoms with Crippen molar-refractivity contribution < 1.29 is 14.4 Å². The first-order valence-electron chi connectivity index (χ1n) is 11.9. The first-order chi connectivity index (χ1) is 16.4. The Hall–Kier alpha value is -2.90. The quantitative estimate of drug-likeness (QED) is 0.644. The molecule has 3 amide bonds. The Kier molecular flexibility index (Phi) is 7.85. The van der Waals surface area contributed by atoms with E-state index in [1.54, 1.807) is 36.4 Å². The van der Waals surface area contributed by atoms with Gasteiger partial charge in [-0.2, -0.15) is 0 Å². The largest absolute Gasteiger partial charge is 0.336 e. The summed E-state index contributed by atoms with van der Waals surface area (Å²) in [6.07, 6.45) is 4.37. The van der Waals surface area contributed by atoms with Crippen molar-refractivity contribution in [2.75, 3.05) is 36.8 Å². The number of halogens is 1. The third-order valence-electron chi connectivity index (χ3n) is 6.69. The second-order valence-electron chi connectivity index (χ2n) is 9.05. The standard InChI is InChI=1S/C26H31ClN4O3/c1-18(32)28-20-10-12-21(13-11-20)29-25(33)24(19-6-2-3-7-19)30-14-16-31(17-15-30)26(34)22-8-4-5-9-23(22)27/h4-5,8-13,19,24H,2-3,6-7,14-17H2,1H3,(H,28,32)(H,29,33). The van der Waals surface area contributed by atoms with Crippen molar-refractivity contribution in [3.63, 3.8) is 0 Å². The average Bonchev–Trinajstić information content (AvgIpc) is 3.35. The highest BCUT2D eigenvalue weighted by Gasteiger charge is 2.37. The molecule has 1 saturated heterocycles. The van der Waals surface area contributed by atoms with Gasteiger partial charge in [0.15, 0.2) is 0 Å². The molecule has 2 aliphatic rings. The van der Waals surface area contributed by atoms with Crippen LogP contribution in [0.3, 0.4) is 0 Å². The molecule has 0 radical (unpaired) electrons. The second kappa shape index (κ2) is 11.0. The number of hydrogen-bond acceptors (Lipinski definition) is 4. The highest BCUT2D eigenvalue weighted by molar-refractivity contribution is 6.33. The highest BCUT2D eigenvalue weighted by Crippen LogP contribution is 2.32. The van der Waals surface area contributed by atoms with Crippen LogP contribution >= 0.6 is 11.6 Å². The minimum Gasteiger partial charge on any atom is -0.336 e. The summed E-state index contributed by atoms with van der Waals surface area (Å²) in [6, 6.07) is 14.0. The predicted molar refractivity (Wildman–Crippen MR) is 134 cm³/mol. The van der Waals surface area contributed by atoms with Crippen molar-refractivity contribution >= 4 is 40.7 Å². The van der Waals surface area contributed by atoms with Gasteiger partial charge in [0.2, 0.25) is 11.8 Å². The molecule has 1 aliphatic heterocycles. The summed E-state index contributed by atoms with van der Waals surface area (Å²) in [5.74, 6) is 0.103. The SMILES string of the molecule is CC(=O)Nc1ccc(NC(=O)C(C2CCCC2)N2CCN(C(=O)c3ccccc3Cl)CC2)cc1. The highest BCUT2D eigenvalue weighted by atomic mass is 35.5. The van der Waals surface area contributed by atoms with Crippen LogP contribution in [0.25, 0.3) is 0 Å². The summed E-state index contributed by atoms with van der Waals surface area (Å²) >= 11 is 6.23.